The molecule has 5 rings (SSSR count). The molecule has 36 heavy (non-hydrogen) atoms. The maximum Gasteiger partial charge on any atom is 0.290 e. The van der Waals surface area contributed by atoms with E-state index in [0.29, 0.717) is 35.1 Å². The van der Waals surface area contributed by atoms with Crippen molar-refractivity contribution >= 4 is 16.9 Å². The van der Waals surface area contributed by atoms with Gasteiger partial charge in [0.05, 0.1) is 31.2 Å². The van der Waals surface area contributed by atoms with Gasteiger partial charge in [-0.3, -0.25) is 9.59 Å². The van der Waals surface area contributed by atoms with Crippen LogP contribution in [0.2, 0.25) is 0 Å². The number of fused-ring (bicyclic) bond motifs is 2. The van der Waals surface area contributed by atoms with Crippen LogP contribution in [-0.2, 0) is 6.42 Å². The van der Waals surface area contributed by atoms with Crippen LogP contribution in [0.5, 0.6) is 17.2 Å². The van der Waals surface area contributed by atoms with Crippen molar-refractivity contribution in [1.29, 1.82) is 0 Å². The normalized spacial score (nSPS) is 14.8. The number of aryl methyl sites for hydroxylation is 2. The van der Waals surface area contributed by atoms with E-state index in [-0.39, 0.29) is 28.6 Å². The zero-order valence-electron chi connectivity index (χ0n) is 20.6. The highest BCUT2D eigenvalue weighted by Crippen LogP contribution is 2.41. The zero-order chi connectivity index (χ0) is 25.6. The molecule has 4 aromatic rings. The molecule has 0 bridgehead atoms. The number of nitrogens with zero attached hydrogens (tertiary/aromatic N) is 1. The van der Waals surface area contributed by atoms with Gasteiger partial charge in [-0.1, -0.05) is 18.2 Å². The van der Waals surface area contributed by atoms with E-state index in [1.165, 1.54) is 13.2 Å². The summed E-state index contributed by atoms with van der Waals surface area (Å²) in [4.78, 5) is 29.1. The number of hydrogen-bond acceptors (Lipinski definition) is 6. The summed E-state index contributed by atoms with van der Waals surface area (Å²) < 4.78 is 16.6. The molecule has 0 unspecified atom stereocenters. The van der Waals surface area contributed by atoms with Gasteiger partial charge >= 0.3 is 0 Å². The predicted octanol–water partition coefficient (Wildman–Crippen LogP) is 4.92. The molecule has 0 saturated carbocycles. The molecule has 7 heteroatoms. The minimum absolute atomic E-state index is 0.0211. The first-order valence-electron chi connectivity index (χ1n) is 11.7. The number of hydrogen-bond donors (Lipinski definition) is 1. The second-order valence-corrected chi connectivity index (χ2v) is 9.04. The molecule has 1 N–H and O–H groups in total. The van der Waals surface area contributed by atoms with Crippen molar-refractivity contribution in [2.45, 2.75) is 26.3 Å². The van der Waals surface area contributed by atoms with Gasteiger partial charge in [0.15, 0.2) is 16.9 Å². The molecular formula is C29H27NO6. The second kappa shape index (κ2) is 9.07. The fourth-order valence-corrected chi connectivity index (χ4v) is 4.76. The molecule has 0 fully saturated rings. The third kappa shape index (κ3) is 3.86. The number of rotatable bonds is 6. The third-order valence-electron chi connectivity index (χ3n) is 6.90. The van der Waals surface area contributed by atoms with E-state index >= 15 is 0 Å². The fourth-order valence-electron chi connectivity index (χ4n) is 4.76. The molecule has 1 amide bonds. The lowest BCUT2D eigenvalue weighted by atomic mass is 9.97. The third-order valence-corrected chi connectivity index (χ3v) is 6.90. The van der Waals surface area contributed by atoms with E-state index in [2.05, 4.69) is 0 Å². The summed E-state index contributed by atoms with van der Waals surface area (Å²) in [6.07, 6.45) is 0.571. The minimum Gasteiger partial charge on any atom is -0.504 e. The Morgan fingerprint density at radius 2 is 1.67 bits per heavy atom. The summed E-state index contributed by atoms with van der Waals surface area (Å²) >= 11 is 0. The van der Waals surface area contributed by atoms with E-state index in [9.17, 15) is 14.7 Å². The molecule has 0 saturated heterocycles. The van der Waals surface area contributed by atoms with Gasteiger partial charge < -0.3 is 23.9 Å². The zero-order valence-corrected chi connectivity index (χ0v) is 20.6. The first kappa shape index (κ1) is 23.5. The molecule has 3 aromatic carbocycles. The number of phenols is 1. The van der Waals surface area contributed by atoms with Gasteiger partial charge in [-0.05, 0) is 78.9 Å². The molecule has 1 aliphatic heterocycles. The number of benzene rings is 3. The van der Waals surface area contributed by atoms with E-state index in [1.54, 1.807) is 30.2 Å². The predicted molar refractivity (Wildman–Crippen MR) is 136 cm³/mol. The Morgan fingerprint density at radius 1 is 0.944 bits per heavy atom. The largest absolute Gasteiger partial charge is 0.504 e. The first-order valence-corrected chi connectivity index (χ1v) is 11.7. The van der Waals surface area contributed by atoms with Crippen LogP contribution in [0.4, 0.5) is 0 Å². The van der Waals surface area contributed by atoms with E-state index in [4.69, 9.17) is 13.9 Å². The topological polar surface area (TPSA) is 89.2 Å². The van der Waals surface area contributed by atoms with Crippen LogP contribution in [0, 0.1) is 13.8 Å². The Hall–Kier alpha value is -4.26. The van der Waals surface area contributed by atoms with Crippen LogP contribution in [0.25, 0.3) is 11.0 Å². The summed E-state index contributed by atoms with van der Waals surface area (Å²) in [5.41, 5.74) is 4.10. The molecule has 7 nitrogen and oxygen atoms in total. The molecule has 184 valence electrons. The summed E-state index contributed by atoms with van der Waals surface area (Å²) in [7, 11) is 3.07. The van der Waals surface area contributed by atoms with Crippen molar-refractivity contribution in [3.05, 3.63) is 98.4 Å². The lowest BCUT2D eigenvalue weighted by molar-refractivity contribution is 0.0730. The fraction of sp³-hybridized carbons (Fsp3) is 0.241. The van der Waals surface area contributed by atoms with Crippen molar-refractivity contribution in [1.82, 2.24) is 4.90 Å². The number of carbonyl (C=O) groups excluding carboxylic acids is 1. The average Bonchev–Trinajstić information content (AvgIpc) is 3.16. The second-order valence-electron chi connectivity index (χ2n) is 9.04. The minimum atomic E-state index is -0.678. The highest BCUT2D eigenvalue weighted by Gasteiger charge is 2.42. The Balaban J connectivity index is 1.64. The molecule has 0 radical (unpaired) electrons. The number of carbonyl (C=O) groups is 1. The molecule has 0 aliphatic carbocycles. The standard InChI is InChI=1S/C29H27NO6/c1-16-13-21-23(14-17(16)2)36-28-25(27(21)32)26(19-7-10-22(31)24(15-19)35-4)30(29(28)33)12-11-18-5-8-20(34-3)9-6-18/h5-10,13-15,26,31H,11-12H2,1-4H3/t26-/m1/s1. The smallest absolute Gasteiger partial charge is 0.290 e. The van der Waals surface area contributed by atoms with Gasteiger partial charge in [-0.15, -0.1) is 0 Å². The lowest BCUT2D eigenvalue weighted by Crippen LogP contribution is -2.31. The quantitative estimate of drug-likeness (QED) is 0.417. The molecule has 1 aliphatic rings. The number of ether oxygens (including phenoxy) is 2. The highest BCUT2D eigenvalue weighted by molar-refractivity contribution is 5.99. The Morgan fingerprint density at radius 3 is 2.36 bits per heavy atom. The first-order chi connectivity index (χ1) is 17.3. The Labute approximate surface area is 208 Å². The van der Waals surface area contributed by atoms with Gasteiger partial charge in [0, 0.05) is 6.54 Å². The molecular weight excluding hydrogens is 458 g/mol. The number of phenolic OH excluding ortho intramolecular Hbond substituents is 1. The van der Waals surface area contributed by atoms with E-state index in [1.807, 2.05) is 44.2 Å². The van der Waals surface area contributed by atoms with Gasteiger partial charge in [0.2, 0.25) is 5.76 Å². The number of aromatic hydroxyl groups is 1. The molecule has 2 heterocycles. The lowest BCUT2D eigenvalue weighted by Gasteiger charge is -2.25. The van der Waals surface area contributed by atoms with Crippen LogP contribution >= 0.6 is 0 Å². The monoisotopic (exact) mass is 485 g/mol. The van der Waals surface area contributed by atoms with E-state index in [0.717, 1.165) is 22.4 Å². The SMILES string of the molecule is COc1ccc(CCN2C(=O)c3oc4cc(C)c(C)cc4c(=O)c3[C@H]2c2ccc(O)c(OC)c2)cc1. The van der Waals surface area contributed by atoms with Gasteiger partial charge in [0.25, 0.3) is 5.91 Å². The van der Waals surface area contributed by atoms with Gasteiger partial charge in [0.1, 0.15) is 11.3 Å². The van der Waals surface area contributed by atoms with Crippen molar-refractivity contribution in [3.63, 3.8) is 0 Å². The van der Waals surface area contributed by atoms with Crippen LogP contribution in [0.1, 0.15) is 44.4 Å². The number of methoxy groups -OCH3 is 2. The van der Waals surface area contributed by atoms with Crippen LogP contribution < -0.4 is 14.9 Å². The van der Waals surface area contributed by atoms with Gasteiger partial charge in [-0.2, -0.15) is 0 Å². The Bertz CT molecular complexity index is 1540. The highest BCUT2D eigenvalue weighted by atomic mass is 16.5. The summed E-state index contributed by atoms with van der Waals surface area (Å²) in [5, 5.41) is 10.6. The summed E-state index contributed by atoms with van der Waals surface area (Å²) in [6, 6.07) is 15.5. The van der Waals surface area contributed by atoms with Crippen molar-refractivity contribution < 1.29 is 23.8 Å². The van der Waals surface area contributed by atoms with Crippen LogP contribution in [0.15, 0.2) is 63.8 Å². The summed E-state index contributed by atoms with van der Waals surface area (Å²) in [6.45, 7) is 4.24. The van der Waals surface area contributed by atoms with Crippen LogP contribution in [-0.4, -0.2) is 36.7 Å². The van der Waals surface area contributed by atoms with Crippen molar-refractivity contribution in [2.75, 3.05) is 20.8 Å². The van der Waals surface area contributed by atoms with Gasteiger partial charge in [-0.25, -0.2) is 0 Å². The molecule has 1 aromatic heterocycles. The number of amides is 1. The molecule has 1 atom stereocenters. The van der Waals surface area contributed by atoms with Crippen LogP contribution in [0.3, 0.4) is 0 Å². The molecule has 0 spiro atoms. The summed E-state index contributed by atoms with van der Waals surface area (Å²) in [5.74, 6) is 0.715. The maximum absolute atomic E-state index is 13.8. The average molecular weight is 486 g/mol. The van der Waals surface area contributed by atoms with Crippen molar-refractivity contribution in [2.24, 2.45) is 0 Å². The Kier molecular flexibility index (Phi) is 5.92. The van der Waals surface area contributed by atoms with Crippen molar-refractivity contribution in [3.8, 4) is 17.2 Å². The maximum atomic E-state index is 13.8. The van der Waals surface area contributed by atoms with E-state index < -0.39 is 6.04 Å².